The number of alkyl carbamates (subject to hydrolysis) is 2. The summed E-state index contributed by atoms with van der Waals surface area (Å²) in [6.07, 6.45) is 0.414. The third-order valence-electron chi connectivity index (χ3n) is 19.1. The fourth-order valence-corrected chi connectivity index (χ4v) is 15.3. The summed E-state index contributed by atoms with van der Waals surface area (Å²) < 4.78 is 30.5. The van der Waals surface area contributed by atoms with Crippen molar-refractivity contribution in [3.63, 3.8) is 0 Å². The van der Waals surface area contributed by atoms with Crippen molar-refractivity contribution in [2.75, 3.05) is 26.3 Å². The molecule has 1 fully saturated rings. The average Bonchev–Trinajstić information content (AvgIpc) is 2.71. The molecule has 0 aliphatic heterocycles. The van der Waals surface area contributed by atoms with Crippen molar-refractivity contribution in [3.05, 3.63) is 154 Å². The molecule has 0 radical (unpaired) electrons. The first-order chi connectivity index (χ1) is 37.7. The number of esters is 3. The van der Waals surface area contributed by atoms with E-state index in [0.29, 0.717) is 18.8 Å². The zero-order valence-electron chi connectivity index (χ0n) is 46.9. The van der Waals surface area contributed by atoms with Crippen LogP contribution in [0.1, 0.15) is 128 Å². The number of allylic oxidation sites excluding steroid dienone is 3. The Bertz CT molecular complexity index is 3040. The number of hydrogen-bond acceptors (Lipinski definition) is 11. The molecule has 0 unspecified atom stereocenters. The number of hydrogen-bond donors (Lipinski definition) is 3. The SMILES string of the molecule is C=C(CC[C@@H](C)[C@H]1CC=C2C3=C([C@@H](O)[C@H](OC(C)=O)[C@@]21C)[C@@]1(C)C[C@@H](OC(=O)CNC(=O)OCC2c4ccccc4-c4ccccc42)[C@H](OC(=O)CNC(=O)OCC2c4ccccc4-c4ccccc42)C(C)(C)[C@@H]1CC3)C(C)C. The van der Waals surface area contributed by atoms with Gasteiger partial charge in [0.15, 0.2) is 0 Å². The van der Waals surface area contributed by atoms with Crippen molar-refractivity contribution < 1.29 is 52.8 Å². The van der Waals surface area contributed by atoms with Crippen LogP contribution in [0.5, 0.6) is 0 Å². The van der Waals surface area contributed by atoms with Crippen LogP contribution < -0.4 is 10.6 Å². The van der Waals surface area contributed by atoms with Gasteiger partial charge in [-0.25, -0.2) is 9.59 Å². The molecule has 13 nitrogen and oxygen atoms in total. The van der Waals surface area contributed by atoms with Gasteiger partial charge in [-0.15, -0.1) is 0 Å². The maximum absolute atomic E-state index is 14.2. The molecule has 0 bridgehead atoms. The van der Waals surface area contributed by atoms with Crippen LogP contribution in [0.4, 0.5) is 9.59 Å². The average molecular weight is 1070 g/mol. The van der Waals surface area contributed by atoms with Crippen molar-refractivity contribution in [1.29, 1.82) is 0 Å². The molecule has 10 rings (SSSR count). The maximum Gasteiger partial charge on any atom is 0.407 e. The molecule has 0 aromatic heterocycles. The second kappa shape index (κ2) is 21.9. The molecule has 13 heteroatoms. The molecule has 2 amide bonds. The molecular formula is C66H76N2O11. The number of nitrogens with one attached hydrogen (secondary N) is 2. The number of aliphatic hydroxyl groups is 1. The van der Waals surface area contributed by atoms with Crippen molar-refractivity contribution in [1.82, 2.24) is 10.6 Å². The smallest absolute Gasteiger partial charge is 0.407 e. The lowest BCUT2D eigenvalue weighted by molar-refractivity contribution is -0.208. The molecule has 4 aromatic rings. The van der Waals surface area contributed by atoms with Crippen LogP contribution in [-0.2, 0) is 38.1 Å². The molecule has 6 aliphatic carbocycles. The lowest BCUT2D eigenvalue weighted by atomic mass is 9.45. The molecule has 0 spiro atoms. The lowest BCUT2D eigenvalue weighted by Gasteiger charge is -2.62. The van der Waals surface area contributed by atoms with E-state index in [0.717, 1.165) is 80.5 Å². The Hall–Kier alpha value is -6.99. The summed E-state index contributed by atoms with van der Waals surface area (Å²) in [6, 6.07) is 32.1. The van der Waals surface area contributed by atoms with E-state index < -0.39 is 83.8 Å². The van der Waals surface area contributed by atoms with Gasteiger partial charge in [-0.1, -0.05) is 164 Å². The summed E-state index contributed by atoms with van der Waals surface area (Å²) in [6.45, 7) is 19.5. The fourth-order valence-electron chi connectivity index (χ4n) is 15.3. The Morgan fingerprint density at radius 3 is 1.65 bits per heavy atom. The van der Waals surface area contributed by atoms with Gasteiger partial charge in [0.1, 0.15) is 50.7 Å². The van der Waals surface area contributed by atoms with Crippen LogP contribution in [0.3, 0.4) is 0 Å². The number of rotatable bonds is 16. The van der Waals surface area contributed by atoms with Crippen LogP contribution in [0, 0.1) is 39.9 Å². The molecule has 4 aromatic carbocycles. The van der Waals surface area contributed by atoms with Crippen molar-refractivity contribution in [2.24, 2.45) is 39.9 Å². The number of benzene rings is 4. The van der Waals surface area contributed by atoms with Gasteiger partial charge < -0.3 is 39.4 Å². The van der Waals surface area contributed by atoms with Crippen molar-refractivity contribution in [3.8, 4) is 22.3 Å². The first-order valence-corrected chi connectivity index (χ1v) is 28.3. The minimum absolute atomic E-state index is 0.0463. The molecule has 416 valence electrons. The fraction of sp³-hybridized carbons (Fsp3) is 0.470. The maximum atomic E-state index is 14.2. The summed E-state index contributed by atoms with van der Waals surface area (Å²) in [5.41, 5.74) is 10.1. The zero-order valence-corrected chi connectivity index (χ0v) is 46.9. The first-order valence-electron chi connectivity index (χ1n) is 28.3. The summed E-state index contributed by atoms with van der Waals surface area (Å²) in [7, 11) is 0. The molecule has 0 heterocycles. The number of carbonyl (C=O) groups excluding carboxylic acids is 5. The van der Waals surface area contributed by atoms with Crippen LogP contribution >= 0.6 is 0 Å². The van der Waals surface area contributed by atoms with E-state index in [9.17, 15) is 29.1 Å². The summed E-state index contributed by atoms with van der Waals surface area (Å²) >= 11 is 0. The molecular weight excluding hydrogens is 997 g/mol. The third kappa shape index (κ3) is 10.1. The second-order valence-corrected chi connectivity index (χ2v) is 24.3. The number of fused-ring (bicyclic) bond motifs is 10. The highest BCUT2D eigenvalue weighted by Crippen LogP contribution is 2.68. The normalized spacial score (nSPS) is 26.4. The zero-order chi connectivity index (χ0) is 56.1. The van der Waals surface area contributed by atoms with E-state index in [2.05, 4.69) is 82.2 Å². The van der Waals surface area contributed by atoms with Gasteiger partial charge in [0.25, 0.3) is 0 Å². The minimum Gasteiger partial charge on any atom is -0.458 e. The van der Waals surface area contributed by atoms with Gasteiger partial charge >= 0.3 is 30.1 Å². The standard InChI is InChI=1S/C66H76N2O11/c1-37(2)38(3)26-27-39(4)52-29-30-53-49-28-31-55-64(6,7)60(79-57(71)34-68-63(74)76-36-51-47-24-16-12-20-43(47)44-21-13-17-25-48(44)51)54(32-65(55,8)58(49)59(72)61(66(52,53)9)77-40(5)69)78-56(70)33-67-62(73)75-35-50-45-22-14-10-18-41(45)42-19-11-15-23-46(42)50/h10-25,30,37,39,50-52,54-55,59-61,72H,3,26-29,31-36H2,1-2,4-9H3,(H,67,73)(H,68,74)/t39-,52-,54-,55+,59-,60+,61+,65+,66-/m1/s1. The summed E-state index contributed by atoms with van der Waals surface area (Å²) in [5.74, 6) is -1.99. The Balaban J connectivity index is 0.880. The van der Waals surface area contributed by atoms with E-state index in [1.54, 1.807) is 0 Å². The van der Waals surface area contributed by atoms with Gasteiger partial charge in [0, 0.05) is 29.6 Å². The molecule has 3 N–H and O–H groups in total. The Kier molecular flexibility index (Phi) is 15.4. The van der Waals surface area contributed by atoms with E-state index in [1.807, 2.05) is 86.6 Å². The van der Waals surface area contributed by atoms with Crippen LogP contribution in [0.15, 0.2) is 132 Å². The van der Waals surface area contributed by atoms with Crippen LogP contribution in [-0.4, -0.2) is 85.9 Å². The first kappa shape index (κ1) is 55.3. The minimum atomic E-state index is -1.20. The van der Waals surface area contributed by atoms with Gasteiger partial charge in [-0.3, -0.25) is 14.4 Å². The highest BCUT2D eigenvalue weighted by Gasteiger charge is 2.66. The van der Waals surface area contributed by atoms with E-state index >= 15 is 0 Å². The van der Waals surface area contributed by atoms with Crippen molar-refractivity contribution >= 4 is 30.1 Å². The summed E-state index contributed by atoms with van der Waals surface area (Å²) in [5, 5.41) is 18.2. The van der Waals surface area contributed by atoms with Gasteiger partial charge in [-0.05, 0) is 129 Å². The number of carbonyl (C=O) groups is 5. The Morgan fingerprint density at radius 1 is 0.684 bits per heavy atom. The van der Waals surface area contributed by atoms with Gasteiger partial charge in [0.05, 0.1) is 0 Å². The number of ether oxygens (including phenoxy) is 5. The largest absolute Gasteiger partial charge is 0.458 e. The predicted molar refractivity (Wildman–Crippen MR) is 300 cm³/mol. The highest BCUT2D eigenvalue weighted by molar-refractivity contribution is 5.82. The van der Waals surface area contributed by atoms with Crippen LogP contribution in [0.25, 0.3) is 22.3 Å². The number of aliphatic hydroxyl groups excluding tert-OH is 1. The molecule has 79 heavy (non-hydrogen) atoms. The van der Waals surface area contributed by atoms with E-state index in [4.69, 9.17) is 23.7 Å². The van der Waals surface area contributed by atoms with Crippen molar-refractivity contribution in [2.45, 2.75) is 130 Å². The van der Waals surface area contributed by atoms with E-state index in [1.165, 1.54) is 12.5 Å². The molecule has 1 saturated carbocycles. The monoisotopic (exact) mass is 1070 g/mol. The predicted octanol–water partition coefficient (Wildman–Crippen LogP) is 11.9. The van der Waals surface area contributed by atoms with Gasteiger partial charge in [-0.2, -0.15) is 0 Å². The third-order valence-corrected chi connectivity index (χ3v) is 19.1. The summed E-state index contributed by atoms with van der Waals surface area (Å²) in [4.78, 5) is 68.1. The molecule has 9 atom stereocenters. The van der Waals surface area contributed by atoms with Crippen LogP contribution in [0.2, 0.25) is 0 Å². The van der Waals surface area contributed by atoms with E-state index in [-0.39, 0.29) is 49.2 Å². The number of amides is 2. The highest BCUT2D eigenvalue weighted by atomic mass is 16.6. The Morgan fingerprint density at radius 2 is 1.16 bits per heavy atom. The quantitative estimate of drug-likeness (QED) is 0.0553. The molecule has 6 aliphatic rings. The Labute approximate surface area is 464 Å². The van der Waals surface area contributed by atoms with Gasteiger partial charge in [0.2, 0.25) is 0 Å². The second-order valence-electron chi connectivity index (χ2n) is 24.3. The molecule has 0 saturated heterocycles. The lowest BCUT2D eigenvalue weighted by Crippen LogP contribution is -2.64. The topological polar surface area (TPSA) is 176 Å².